The minimum Gasteiger partial charge on any atom is -0.497 e. The average molecular weight is 352 g/mol. The highest BCUT2D eigenvalue weighted by Gasteiger charge is 2.14. The number of hydrogen-bond donors (Lipinski definition) is 0. The van der Waals surface area contributed by atoms with E-state index >= 15 is 0 Å². The number of methoxy groups -OCH3 is 1. The second-order valence-electron chi connectivity index (χ2n) is 6.50. The second kappa shape index (κ2) is 5.99. The molecule has 0 saturated carbocycles. The summed E-state index contributed by atoms with van der Waals surface area (Å²) in [6, 6.07) is 25.2. The third-order valence-corrected chi connectivity index (χ3v) is 4.98. The molecule has 0 aliphatic carbocycles. The van der Waals surface area contributed by atoms with E-state index in [0.29, 0.717) is 21.9 Å². The van der Waals surface area contributed by atoms with Crippen molar-refractivity contribution in [2.45, 2.75) is 0 Å². The second-order valence-corrected chi connectivity index (χ2v) is 6.50. The summed E-state index contributed by atoms with van der Waals surface area (Å²) < 4.78 is 11.4. The van der Waals surface area contributed by atoms with Crippen molar-refractivity contribution in [2.75, 3.05) is 7.11 Å². The van der Waals surface area contributed by atoms with Crippen LogP contribution in [-0.4, -0.2) is 7.11 Å². The van der Waals surface area contributed by atoms with Gasteiger partial charge in [0.05, 0.1) is 17.9 Å². The molecule has 3 heteroatoms. The van der Waals surface area contributed by atoms with Crippen LogP contribution in [-0.2, 0) is 0 Å². The summed E-state index contributed by atoms with van der Waals surface area (Å²) >= 11 is 0. The van der Waals surface area contributed by atoms with Gasteiger partial charge < -0.3 is 9.15 Å². The summed E-state index contributed by atoms with van der Waals surface area (Å²) in [7, 11) is 1.65. The zero-order valence-corrected chi connectivity index (χ0v) is 14.7. The summed E-state index contributed by atoms with van der Waals surface area (Å²) in [6.45, 7) is 0. The van der Waals surface area contributed by atoms with E-state index in [-0.39, 0.29) is 5.43 Å². The molecule has 3 nitrogen and oxygen atoms in total. The normalized spacial score (nSPS) is 11.3. The SMILES string of the molecule is COc1ccc(-c2cc3c(=O)c4ccccc4oc3c3ccccc23)cc1. The molecule has 0 aliphatic rings. The summed E-state index contributed by atoms with van der Waals surface area (Å²) in [4.78, 5) is 13.1. The molecule has 1 heterocycles. The molecular formula is C24H16O3. The van der Waals surface area contributed by atoms with Crippen LogP contribution in [0.2, 0.25) is 0 Å². The fraction of sp³-hybridized carbons (Fsp3) is 0.0417. The first-order valence-corrected chi connectivity index (χ1v) is 8.78. The minimum atomic E-state index is -0.00707. The van der Waals surface area contributed by atoms with Crippen molar-refractivity contribution in [3.8, 4) is 16.9 Å². The standard InChI is InChI=1S/C24H16O3/c1-26-16-12-10-15(11-13-16)20-14-21-23(25)19-8-4-5-9-22(19)27-24(21)18-7-3-2-6-17(18)20/h2-14H,1H3. The highest BCUT2D eigenvalue weighted by atomic mass is 16.5. The largest absolute Gasteiger partial charge is 0.497 e. The fourth-order valence-electron chi connectivity index (χ4n) is 3.64. The Labute approximate surface area is 155 Å². The van der Waals surface area contributed by atoms with Gasteiger partial charge in [-0.3, -0.25) is 4.79 Å². The predicted octanol–water partition coefficient (Wildman–Crippen LogP) is 5.78. The van der Waals surface area contributed by atoms with Gasteiger partial charge in [-0.1, -0.05) is 48.5 Å². The summed E-state index contributed by atoms with van der Waals surface area (Å²) in [5, 5.41) is 3.18. The van der Waals surface area contributed by atoms with Crippen molar-refractivity contribution in [3.63, 3.8) is 0 Å². The zero-order valence-electron chi connectivity index (χ0n) is 14.7. The predicted molar refractivity (Wildman–Crippen MR) is 109 cm³/mol. The number of ether oxygens (including phenoxy) is 1. The number of para-hydroxylation sites is 1. The third kappa shape index (κ3) is 2.40. The van der Waals surface area contributed by atoms with Crippen LogP contribution >= 0.6 is 0 Å². The van der Waals surface area contributed by atoms with E-state index in [1.54, 1.807) is 7.11 Å². The zero-order chi connectivity index (χ0) is 18.4. The number of hydrogen-bond acceptors (Lipinski definition) is 3. The summed E-state index contributed by atoms with van der Waals surface area (Å²) in [5.74, 6) is 0.800. The molecule has 27 heavy (non-hydrogen) atoms. The number of fused-ring (bicyclic) bond motifs is 4. The Hall–Kier alpha value is -3.59. The van der Waals surface area contributed by atoms with Crippen LogP contribution in [0, 0.1) is 0 Å². The molecule has 0 aliphatic heterocycles. The molecule has 0 fully saturated rings. The van der Waals surface area contributed by atoms with E-state index in [1.807, 2.05) is 72.8 Å². The average Bonchev–Trinajstić information content (AvgIpc) is 2.74. The Balaban J connectivity index is 1.94. The summed E-state index contributed by atoms with van der Waals surface area (Å²) in [6.07, 6.45) is 0. The lowest BCUT2D eigenvalue weighted by Gasteiger charge is -2.11. The van der Waals surface area contributed by atoms with Crippen molar-refractivity contribution in [1.29, 1.82) is 0 Å². The van der Waals surface area contributed by atoms with E-state index < -0.39 is 0 Å². The maximum atomic E-state index is 13.1. The molecule has 0 bridgehead atoms. The topological polar surface area (TPSA) is 39.4 Å². The summed E-state index contributed by atoms with van der Waals surface area (Å²) in [5.41, 5.74) is 3.26. The Morgan fingerprint density at radius 1 is 0.741 bits per heavy atom. The van der Waals surface area contributed by atoms with Crippen molar-refractivity contribution < 1.29 is 9.15 Å². The first-order chi connectivity index (χ1) is 13.3. The number of benzene rings is 4. The van der Waals surface area contributed by atoms with Crippen molar-refractivity contribution >= 4 is 32.7 Å². The van der Waals surface area contributed by atoms with E-state index in [4.69, 9.17) is 9.15 Å². The monoisotopic (exact) mass is 352 g/mol. The molecule has 4 aromatic carbocycles. The molecule has 5 aromatic rings. The van der Waals surface area contributed by atoms with Gasteiger partial charge in [0, 0.05) is 5.39 Å². The van der Waals surface area contributed by atoms with Crippen molar-refractivity contribution in [1.82, 2.24) is 0 Å². The van der Waals surface area contributed by atoms with E-state index in [1.165, 1.54) is 0 Å². The first kappa shape index (κ1) is 15.6. The van der Waals surface area contributed by atoms with Crippen LogP contribution in [0.3, 0.4) is 0 Å². The van der Waals surface area contributed by atoms with Crippen molar-refractivity contribution in [3.05, 3.63) is 89.1 Å². The Bertz CT molecular complexity index is 1360. The van der Waals surface area contributed by atoms with Gasteiger partial charge in [0.2, 0.25) is 5.43 Å². The number of rotatable bonds is 2. The molecule has 130 valence electrons. The molecule has 0 radical (unpaired) electrons. The maximum absolute atomic E-state index is 13.1. The molecule has 0 unspecified atom stereocenters. The lowest BCUT2D eigenvalue weighted by Crippen LogP contribution is -2.02. The quantitative estimate of drug-likeness (QED) is 0.299. The van der Waals surface area contributed by atoms with E-state index in [9.17, 15) is 4.79 Å². The molecule has 1 aromatic heterocycles. The van der Waals surface area contributed by atoms with Gasteiger partial charge in [-0.15, -0.1) is 0 Å². The van der Waals surface area contributed by atoms with Crippen LogP contribution in [0.25, 0.3) is 43.8 Å². The molecule has 0 spiro atoms. The van der Waals surface area contributed by atoms with Gasteiger partial charge in [-0.05, 0) is 46.8 Å². The van der Waals surface area contributed by atoms with Crippen LogP contribution in [0.15, 0.2) is 88.1 Å². The molecule has 5 rings (SSSR count). The Morgan fingerprint density at radius 3 is 2.15 bits per heavy atom. The lowest BCUT2D eigenvalue weighted by atomic mass is 9.95. The van der Waals surface area contributed by atoms with E-state index in [0.717, 1.165) is 27.6 Å². The fourth-order valence-corrected chi connectivity index (χ4v) is 3.64. The first-order valence-electron chi connectivity index (χ1n) is 8.78. The Morgan fingerprint density at radius 2 is 1.41 bits per heavy atom. The maximum Gasteiger partial charge on any atom is 0.200 e. The molecule has 0 saturated heterocycles. The van der Waals surface area contributed by atoms with Gasteiger partial charge in [-0.25, -0.2) is 0 Å². The molecule has 0 N–H and O–H groups in total. The Kier molecular flexibility index (Phi) is 3.47. The van der Waals surface area contributed by atoms with Crippen LogP contribution in [0.5, 0.6) is 5.75 Å². The van der Waals surface area contributed by atoms with Gasteiger partial charge in [0.1, 0.15) is 16.9 Å². The highest BCUT2D eigenvalue weighted by molar-refractivity contribution is 6.12. The van der Waals surface area contributed by atoms with Crippen LogP contribution in [0.4, 0.5) is 0 Å². The molecule has 0 amide bonds. The van der Waals surface area contributed by atoms with Gasteiger partial charge in [0.25, 0.3) is 0 Å². The van der Waals surface area contributed by atoms with E-state index in [2.05, 4.69) is 6.07 Å². The smallest absolute Gasteiger partial charge is 0.200 e. The third-order valence-electron chi connectivity index (χ3n) is 4.98. The van der Waals surface area contributed by atoms with Gasteiger partial charge in [-0.2, -0.15) is 0 Å². The minimum absolute atomic E-state index is 0.00707. The van der Waals surface area contributed by atoms with Crippen LogP contribution in [0.1, 0.15) is 0 Å². The van der Waals surface area contributed by atoms with Gasteiger partial charge >= 0.3 is 0 Å². The highest BCUT2D eigenvalue weighted by Crippen LogP contribution is 2.35. The molecule has 0 atom stereocenters. The van der Waals surface area contributed by atoms with Crippen LogP contribution < -0.4 is 10.2 Å². The molecular weight excluding hydrogens is 336 g/mol. The van der Waals surface area contributed by atoms with Crippen molar-refractivity contribution in [2.24, 2.45) is 0 Å². The van der Waals surface area contributed by atoms with Gasteiger partial charge in [0.15, 0.2) is 0 Å². The lowest BCUT2D eigenvalue weighted by molar-refractivity contribution is 0.415.